The van der Waals surface area contributed by atoms with Gasteiger partial charge in [-0.2, -0.15) is 5.10 Å². The van der Waals surface area contributed by atoms with Crippen LogP contribution in [-0.4, -0.2) is 71.2 Å². The highest BCUT2D eigenvalue weighted by Gasteiger charge is 2.26. The normalized spacial score (nSPS) is 20.2. The van der Waals surface area contributed by atoms with Gasteiger partial charge in [-0.3, -0.25) is 19.6 Å². The Morgan fingerprint density at radius 1 is 1.20 bits per heavy atom. The van der Waals surface area contributed by atoms with Gasteiger partial charge < -0.3 is 15.0 Å². The molecule has 8 nitrogen and oxygen atoms in total. The number of carbonyl (C=O) groups excluding carboxylic acids is 2. The van der Waals surface area contributed by atoms with Crippen LogP contribution >= 0.6 is 0 Å². The van der Waals surface area contributed by atoms with E-state index in [1.54, 1.807) is 4.90 Å². The zero-order valence-corrected chi connectivity index (χ0v) is 17.4. The molecule has 0 spiro atoms. The highest BCUT2D eigenvalue weighted by Crippen LogP contribution is 2.27. The van der Waals surface area contributed by atoms with E-state index in [1.807, 2.05) is 18.2 Å². The van der Waals surface area contributed by atoms with Crippen LogP contribution in [0.25, 0.3) is 0 Å². The third-order valence-corrected chi connectivity index (χ3v) is 5.74. The minimum absolute atomic E-state index is 0.0206. The fourth-order valence-electron chi connectivity index (χ4n) is 4.19. The van der Waals surface area contributed by atoms with Gasteiger partial charge in [-0.25, -0.2) is 0 Å². The SMILES string of the molecule is CC(=O)Nc1ccc(CN2CCCC(c3cc(C(=O)N4CCOCC4)n[nH]3)C2)cc1. The van der Waals surface area contributed by atoms with Gasteiger partial charge in [-0.1, -0.05) is 12.1 Å². The number of nitrogens with one attached hydrogen (secondary N) is 2. The second-order valence-electron chi connectivity index (χ2n) is 8.07. The number of likely N-dealkylation sites (tertiary alicyclic amines) is 1. The Bertz CT molecular complexity index is 873. The third kappa shape index (κ3) is 5.06. The lowest BCUT2D eigenvalue weighted by Crippen LogP contribution is -2.40. The Hall–Kier alpha value is -2.71. The average Bonchev–Trinajstić information content (AvgIpc) is 3.25. The second kappa shape index (κ2) is 9.40. The van der Waals surface area contributed by atoms with Crippen molar-refractivity contribution in [3.63, 3.8) is 0 Å². The monoisotopic (exact) mass is 411 g/mol. The number of aromatic amines is 1. The number of piperidine rings is 1. The maximum absolute atomic E-state index is 12.6. The van der Waals surface area contributed by atoms with Crippen molar-refractivity contribution in [3.05, 3.63) is 47.3 Å². The van der Waals surface area contributed by atoms with E-state index in [4.69, 9.17) is 4.74 Å². The smallest absolute Gasteiger partial charge is 0.274 e. The summed E-state index contributed by atoms with van der Waals surface area (Å²) in [7, 11) is 0. The summed E-state index contributed by atoms with van der Waals surface area (Å²) in [6.45, 7) is 6.79. The van der Waals surface area contributed by atoms with E-state index in [0.717, 1.165) is 43.9 Å². The first-order valence-corrected chi connectivity index (χ1v) is 10.6. The molecule has 0 bridgehead atoms. The molecule has 2 saturated heterocycles. The number of amides is 2. The Morgan fingerprint density at radius 3 is 2.70 bits per heavy atom. The maximum atomic E-state index is 12.6. The minimum atomic E-state index is -0.0624. The molecule has 0 saturated carbocycles. The summed E-state index contributed by atoms with van der Waals surface area (Å²) in [5.74, 6) is 0.261. The molecule has 4 rings (SSSR count). The molecule has 2 aliphatic rings. The van der Waals surface area contributed by atoms with Crippen LogP contribution in [0.2, 0.25) is 0 Å². The van der Waals surface area contributed by atoms with Crippen LogP contribution in [0.15, 0.2) is 30.3 Å². The molecule has 2 amide bonds. The predicted octanol–water partition coefficient (Wildman–Crippen LogP) is 2.22. The predicted molar refractivity (Wildman–Crippen MR) is 113 cm³/mol. The van der Waals surface area contributed by atoms with E-state index < -0.39 is 0 Å². The van der Waals surface area contributed by atoms with Crippen molar-refractivity contribution in [1.29, 1.82) is 0 Å². The number of carbonyl (C=O) groups is 2. The molecule has 2 aromatic rings. The zero-order valence-electron chi connectivity index (χ0n) is 17.4. The van der Waals surface area contributed by atoms with E-state index in [0.29, 0.717) is 37.9 Å². The Kier molecular flexibility index (Phi) is 6.44. The van der Waals surface area contributed by atoms with Gasteiger partial charge in [0.15, 0.2) is 0 Å². The molecule has 8 heteroatoms. The van der Waals surface area contributed by atoms with E-state index >= 15 is 0 Å². The maximum Gasteiger partial charge on any atom is 0.274 e. The number of morpholine rings is 1. The number of nitrogens with zero attached hydrogens (tertiary/aromatic N) is 3. The van der Waals surface area contributed by atoms with Crippen LogP contribution in [0, 0.1) is 0 Å². The van der Waals surface area contributed by atoms with Crippen molar-refractivity contribution >= 4 is 17.5 Å². The molecule has 1 unspecified atom stereocenters. The highest BCUT2D eigenvalue weighted by atomic mass is 16.5. The van der Waals surface area contributed by atoms with Crippen molar-refractivity contribution in [2.45, 2.75) is 32.2 Å². The lowest BCUT2D eigenvalue weighted by atomic mass is 9.94. The van der Waals surface area contributed by atoms with E-state index in [-0.39, 0.29) is 11.8 Å². The molecule has 3 heterocycles. The topological polar surface area (TPSA) is 90.6 Å². The van der Waals surface area contributed by atoms with Crippen LogP contribution in [0.4, 0.5) is 5.69 Å². The van der Waals surface area contributed by atoms with Gasteiger partial charge in [0.1, 0.15) is 5.69 Å². The molecule has 1 aromatic carbocycles. The molecule has 30 heavy (non-hydrogen) atoms. The van der Waals surface area contributed by atoms with Gasteiger partial charge in [0.2, 0.25) is 5.91 Å². The minimum Gasteiger partial charge on any atom is -0.378 e. The summed E-state index contributed by atoms with van der Waals surface area (Å²) in [6.07, 6.45) is 2.20. The standard InChI is InChI=1S/C22H29N5O3/c1-16(28)23-19-6-4-17(5-7-19)14-26-8-2-3-18(15-26)20-13-21(25-24-20)22(29)27-9-11-30-12-10-27/h4-7,13,18H,2-3,8-12,14-15H2,1H3,(H,23,28)(H,24,25). The number of benzene rings is 1. The Morgan fingerprint density at radius 2 is 1.97 bits per heavy atom. The summed E-state index contributed by atoms with van der Waals surface area (Å²) >= 11 is 0. The van der Waals surface area contributed by atoms with E-state index in [1.165, 1.54) is 12.5 Å². The van der Waals surface area contributed by atoms with Gasteiger partial charge >= 0.3 is 0 Å². The first-order valence-electron chi connectivity index (χ1n) is 10.6. The number of H-pyrrole nitrogens is 1. The number of anilines is 1. The van der Waals surface area contributed by atoms with Gasteiger partial charge in [0, 0.05) is 50.4 Å². The van der Waals surface area contributed by atoms with Crippen LogP contribution in [-0.2, 0) is 16.1 Å². The van der Waals surface area contributed by atoms with Crippen molar-refractivity contribution in [2.24, 2.45) is 0 Å². The molecule has 160 valence electrons. The summed E-state index contributed by atoms with van der Waals surface area (Å²) < 4.78 is 5.32. The van der Waals surface area contributed by atoms with Gasteiger partial charge in [-0.15, -0.1) is 0 Å². The first-order chi connectivity index (χ1) is 14.6. The number of hydrogen-bond donors (Lipinski definition) is 2. The largest absolute Gasteiger partial charge is 0.378 e. The number of aromatic nitrogens is 2. The van der Waals surface area contributed by atoms with Crippen LogP contribution in [0.3, 0.4) is 0 Å². The second-order valence-corrected chi connectivity index (χ2v) is 8.07. The molecular formula is C22H29N5O3. The lowest BCUT2D eigenvalue weighted by Gasteiger charge is -2.32. The number of ether oxygens (including phenoxy) is 1. The fraction of sp³-hybridized carbons (Fsp3) is 0.500. The first kappa shape index (κ1) is 20.6. The van der Waals surface area contributed by atoms with Crippen LogP contribution in [0.1, 0.15) is 47.4 Å². The summed E-state index contributed by atoms with van der Waals surface area (Å²) in [4.78, 5) is 28.1. The Balaban J connectivity index is 1.35. The lowest BCUT2D eigenvalue weighted by molar-refractivity contribution is -0.114. The summed E-state index contributed by atoms with van der Waals surface area (Å²) in [5, 5.41) is 10.2. The van der Waals surface area contributed by atoms with Crippen LogP contribution < -0.4 is 5.32 Å². The van der Waals surface area contributed by atoms with Crippen molar-refractivity contribution in [3.8, 4) is 0 Å². The molecule has 2 N–H and O–H groups in total. The molecular weight excluding hydrogens is 382 g/mol. The van der Waals surface area contributed by atoms with Crippen molar-refractivity contribution in [1.82, 2.24) is 20.0 Å². The average molecular weight is 412 g/mol. The van der Waals surface area contributed by atoms with E-state index in [9.17, 15) is 9.59 Å². The van der Waals surface area contributed by atoms with Gasteiger partial charge in [0.25, 0.3) is 5.91 Å². The van der Waals surface area contributed by atoms with E-state index in [2.05, 4.69) is 32.5 Å². The number of rotatable bonds is 5. The Labute approximate surface area is 176 Å². The third-order valence-electron chi connectivity index (χ3n) is 5.74. The van der Waals surface area contributed by atoms with Gasteiger partial charge in [-0.05, 0) is 43.1 Å². The van der Waals surface area contributed by atoms with Crippen LogP contribution in [0.5, 0.6) is 0 Å². The zero-order chi connectivity index (χ0) is 20.9. The van der Waals surface area contributed by atoms with Crippen molar-refractivity contribution in [2.75, 3.05) is 44.7 Å². The molecule has 1 atom stereocenters. The fourth-order valence-corrected chi connectivity index (χ4v) is 4.19. The highest BCUT2D eigenvalue weighted by molar-refractivity contribution is 5.92. The van der Waals surface area contributed by atoms with Gasteiger partial charge in [0.05, 0.1) is 13.2 Å². The quantitative estimate of drug-likeness (QED) is 0.787. The molecule has 2 fully saturated rings. The number of hydrogen-bond acceptors (Lipinski definition) is 5. The summed E-state index contributed by atoms with van der Waals surface area (Å²) in [5.41, 5.74) is 3.57. The molecule has 1 aromatic heterocycles. The molecule has 0 radical (unpaired) electrons. The van der Waals surface area contributed by atoms with Crippen molar-refractivity contribution < 1.29 is 14.3 Å². The molecule has 0 aliphatic carbocycles. The molecule has 2 aliphatic heterocycles. The summed E-state index contributed by atoms with van der Waals surface area (Å²) in [6, 6.07) is 9.93.